The van der Waals surface area contributed by atoms with Crippen molar-refractivity contribution in [2.75, 3.05) is 6.61 Å². The number of rotatable bonds is 6. The van der Waals surface area contributed by atoms with Crippen LogP contribution in [0.5, 0.6) is 17.4 Å². The Morgan fingerprint density at radius 2 is 1.85 bits per heavy atom. The topological polar surface area (TPSA) is 70.5 Å². The molecule has 0 spiro atoms. The zero-order valence-electron chi connectivity index (χ0n) is 14.3. The van der Waals surface area contributed by atoms with Crippen LogP contribution in [0.1, 0.15) is 13.8 Å². The Balaban J connectivity index is 1.67. The highest BCUT2D eigenvalue weighted by Gasteiger charge is 2.15. The molecule has 1 atom stereocenters. The van der Waals surface area contributed by atoms with Gasteiger partial charge in [0.05, 0.1) is 23.8 Å². The van der Waals surface area contributed by atoms with E-state index in [2.05, 4.69) is 9.97 Å². The molecule has 0 saturated heterocycles. The predicted octanol–water partition coefficient (Wildman–Crippen LogP) is 3.89. The van der Waals surface area contributed by atoms with Gasteiger partial charge in [0.1, 0.15) is 17.3 Å². The van der Waals surface area contributed by atoms with Gasteiger partial charge in [-0.15, -0.1) is 0 Å². The lowest BCUT2D eigenvalue weighted by molar-refractivity contribution is -0.150. The van der Waals surface area contributed by atoms with E-state index in [1.807, 2.05) is 0 Å². The van der Waals surface area contributed by atoms with Crippen molar-refractivity contribution in [1.29, 1.82) is 0 Å². The van der Waals surface area contributed by atoms with Gasteiger partial charge in [-0.25, -0.2) is 19.2 Å². The number of hydrogen-bond acceptors (Lipinski definition) is 6. The lowest BCUT2D eigenvalue weighted by Crippen LogP contribution is -2.25. The number of esters is 1. The first kappa shape index (κ1) is 17.6. The van der Waals surface area contributed by atoms with E-state index in [1.54, 1.807) is 38.1 Å². The van der Waals surface area contributed by atoms with Crippen LogP contribution in [0.2, 0.25) is 0 Å². The SMILES string of the molecule is CCOC(=O)C(C)Oc1ccc(Oc2cnc3cc(F)ccc3n2)cc1. The maximum Gasteiger partial charge on any atom is 0.347 e. The molecule has 1 heterocycles. The number of aromatic nitrogens is 2. The third-order valence-corrected chi connectivity index (χ3v) is 3.46. The Bertz CT molecular complexity index is 915. The second-order valence-electron chi connectivity index (χ2n) is 5.43. The summed E-state index contributed by atoms with van der Waals surface area (Å²) in [5.41, 5.74) is 0.987. The van der Waals surface area contributed by atoms with E-state index in [0.29, 0.717) is 29.1 Å². The second-order valence-corrected chi connectivity index (χ2v) is 5.43. The van der Waals surface area contributed by atoms with Gasteiger partial charge in [0.15, 0.2) is 6.10 Å². The molecule has 0 aliphatic carbocycles. The molecule has 7 heteroatoms. The molecule has 0 aliphatic heterocycles. The molecule has 26 heavy (non-hydrogen) atoms. The van der Waals surface area contributed by atoms with Crippen LogP contribution < -0.4 is 9.47 Å². The minimum Gasteiger partial charge on any atom is -0.479 e. The molecule has 0 aliphatic rings. The third-order valence-electron chi connectivity index (χ3n) is 3.46. The highest BCUT2D eigenvalue weighted by Crippen LogP contribution is 2.24. The van der Waals surface area contributed by atoms with Crippen molar-refractivity contribution in [3.8, 4) is 17.4 Å². The number of carbonyl (C=O) groups excluding carboxylic acids is 1. The van der Waals surface area contributed by atoms with Gasteiger partial charge in [-0.05, 0) is 50.2 Å². The molecule has 6 nitrogen and oxygen atoms in total. The first-order valence-electron chi connectivity index (χ1n) is 8.08. The van der Waals surface area contributed by atoms with Crippen molar-refractivity contribution in [2.45, 2.75) is 20.0 Å². The number of fused-ring (bicyclic) bond motifs is 1. The molecule has 0 saturated carbocycles. The maximum atomic E-state index is 13.2. The van der Waals surface area contributed by atoms with E-state index in [9.17, 15) is 9.18 Å². The fourth-order valence-corrected chi connectivity index (χ4v) is 2.23. The molecule has 0 radical (unpaired) electrons. The lowest BCUT2D eigenvalue weighted by atomic mass is 10.3. The number of halogens is 1. The molecule has 1 unspecified atom stereocenters. The van der Waals surface area contributed by atoms with Gasteiger partial charge in [0, 0.05) is 6.07 Å². The van der Waals surface area contributed by atoms with Crippen LogP contribution >= 0.6 is 0 Å². The fraction of sp³-hybridized carbons (Fsp3) is 0.211. The van der Waals surface area contributed by atoms with Gasteiger partial charge >= 0.3 is 5.97 Å². The number of ether oxygens (including phenoxy) is 3. The van der Waals surface area contributed by atoms with Gasteiger partial charge in [0.25, 0.3) is 0 Å². The highest BCUT2D eigenvalue weighted by atomic mass is 19.1. The normalized spacial score (nSPS) is 11.8. The molecule has 2 aromatic carbocycles. The van der Waals surface area contributed by atoms with Crippen LogP contribution in [0, 0.1) is 5.82 Å². The minimum absolute atomic E-state index is 0.290. The quantitative estimate of drug-likeness (QED) is 0.624. The number of nitrogens with zero attached hydrogens (tertiary/aromatic N) is 2. The van der Waals surface area contributed by atoms with Crippen LogP contribution in [-0.4, -0.2) is 28.6 Å². The van der Waals surface area contributed by atoms with Crippen LogP contribution in [0.4, 0.5) is 4.39 Å². The first-order valence-corrected chi connectivity index (χ1v) is 8.08. The van der Waals surface area contributed by atoms with Gasteiger partial charge in [-0.2, -0.15) is 0 Å². The van der Waals surface area contributed by atoms with Crippen molar-refractivity contribution in [2.24, 2.45) is 0 Å². The molecule has 3 aromatic rings. The van der Waals surface area contributed by atoms with Gasteiger partial charge in [-0.3, -0.25) is 0 Å². The average molecular weight is 356 g/mol. The molecule has 3 rings (SSSR count). The number of carbonyl (C=O) groups is 1. The van der Waals surface area contributed by atoms with Gasteiger partial charge in [-0.1, -0.05) is 0 Å². The summed E-state index contributed by atoms with van der Waals surface area (Å²) in [5.74, 6) is 0.538. The van der Waals surface area contributed by atoms with E-state index in [0.717, 1.165) is 0 Å². The molecule has 0 N–H and O–H groups in total. The number of hydrogen-bond donors (Lipinski definition) is 0. The summed E-state index contributed by atoms with van der Waals surface area (Å²) < 4.78 is 29.2. The van der Waals surface area contributed by atoms with Gasteiger partial charge < -0.3 is 14.2 Å². The van der Waals surface area contributed by atoms with Crippen molar-refractivity contribution in [3.63, 3.8) is 0 Å². The zero-order chi connectivity index (χ0) is 18.5. The lowest BCUT2D eigenvalue weighted by Gasteiger charge is -2.13. The second kappa shape index (κ2) is 7.77. The third kappa shape index (κ3) is 4.24. The Labute approximate surface area is 149 Å². The highest BCUT2D eigenvalue weighted by molar-refractivity contribution is 5.75. The first-order chi connectivity index (χ1) is 12.5. The van der Waals surface area contributed by atoms with Crippen LogP contribution in [-0.2, 0) is 9.53 Å². The predicted molar refractivity (Wildman–Crippen MR) is 92.7 cm³/mol. The van der Waals surface area contributed by atoms with E-state index >= 15 is 0 Å². The number of benzene rings is 2. The summed E-state index contributed by atoms with van der Waals surface area (Å²) in [5, 5.41) is 0. The van der Waals surface area contributed by atoms with E-state index in [-0.39, 0.29) is 11.7 Å². The largest absolute Gasteiger partial charge is 0.479 e. The van der Waals surface area contributed by atoms with Crippen molar-refractivity contribution < 1.29 is 23.4 Å². The fourth-order valence-electron chi connectivity index (χ4n) is 2.23. The van der Waals surface area contributed by atoms with Crippen LogP contribution in [0.15, 0.2) is 48.7 Å². The molecular formula is C19H17FN2O4. The smallest absolute Gasteiger partial charge is 0.347 e. The van der Waals surface area contributed by atoms with E-state index < -0.39 is 12.1 Å². The Hall–Kier alpha value is -3.22. The summed E-state index contributed by atoms with van der Waals surface area (Å²) in [7, 11) is 0. The van der Waals surface area contributed by atoms with Crippen LogP contribution in [0.3, 0.4) is 0 Å². The van der Waals surface area contributed by atoms with E-state index in [1.165, 1.54) is 24.4 Å². The molecular weight excluding hydrogens is 339 g/mol. The summed E-state index contributed by atoms with van der Waals surface area (Å²) in [4.78, 5) is 20.0. The minimum atomic E-state index is -0.700. The Morgan fingerprint density at radius 3 is 2.58 bits per heavy atom. The van der Waals surface area contributed by atoms with Crippen LogP contribution in [0.25, 0.3) is 11.0 Å². The average Bonchev–Trinajstić information content (AvgIpc) is 2.63. The molecule has 134 valence electrons. The van der Waals surface area contributed by atoms with Crippen molar-refractivity contribution in [3.05, 3.63) is 54.5 Å². The van der Waals surface area contributed by atoms with Crippen molar-refractivity contribution in [1.82, 2.24) is 9.97 Å². The molecule has 0 amide bonds. The standard InChI is InChI=1S/C19H17FN2O4/c1-3-24-19(23)12(2)25-14-5-7-15(8-6-14)26-18-11-21-17-10-13(20)4-9-16(17)22-18/h4-12H,3H2,1-2H3. The summed E-state index contributed by atoms with van der Waals surface area (Å²) in [6.07, 6.45) is 0.725. The van der Waals surface area contributed by atoms with Crippen molar-refractivity contribution >= 4 is 17.0 Å². The molecule has 1 aromatic heterocycles. The summed E-state index contributed by atoms with van der Waals surface area (Å²) in [6.45, 7) is 3.66. The maximum absolute atomic E-state index is 13.2. The Morgan fingerprint density at radius 1 is 1.12 bits per heavy atom. The Kier molecular flexibility index (Phi) is 5.26. The van der Waals surface area contributed by atoms with Gasteiger partial charge in [0.2, 0.25) is 5.88 Å². The monoisotopic (exact) mass is 356 g/mol. The zero-order valence-corrected chi connectivity index (χ0v) is 14.3. The molecule has 0 bridgehead atoms. The van der Waals surface area contributed by atoms with E-state index in [4.69, 9.17) is 14.2 Å². The summed E-state index contributed by atoms with van der Waals surface area (Å²) in [6, 6.07) is 10.9. The molecule has 0 fully saturated rings. The summed E-state index contributed by atoms with van der Waals surface area (Å²) >= 11 is 0.